The van der Waals surface area contributed by atoms with Gasteiger partial charge in [0.15, 0.2) is 0 Å². The van der Waals surface area contributed by atoms with Gasteiger partial charge in [-0.25, -0.2) is 9.97 Å². The van der Waals surface area contributed by atoms with Crippen LogP contribution in [0.2, 0.25) is 0 Å². The van der Waals surface area contributed by atoms with E-state index in [2.05, 4.69) is 39.1 Å². The van der Waals surface area contributed by atoms with E-state index in [4.69, 9.17) is 4.42 Å². The van der Waals surface area contributed by atoms with E-state index in [1.165, 1.54) is 6.42 Å². The summed E-state index contributed by atoms with van der Waals surface area (Å²) in [5.74, 6) is 1.67. The summed E-state index contributed by atoms with van der Waals surface area (Å²) in [7, 11) is 2.18. The molecule has 1 aliphatic rings. The van der Waals surface area contributed by atoms with Crippen LogP contribution in [0.3, 0.4) is 0 Å². The molecule has 0 aromatic carbocycles. The zero-order valence-corrected chi connectivity index (χ0v) is 13.7. The van der Waals surface area contributed by atoms with Crippen molar-refractivity contribution in [1.29, 1.82) is 0 Å². The summed E-state index contributed by atoms with van der Waals surface area (Å²) in [4.78, 5) is 13.8. The molecule has 1 saturated heterocycles. The molecule has 1 fully saturated rings. The molecule has 0 spiro atoms. The lowest BCUT2D eigenvalue weighted by Crippen LogP contribution is -2.36. The number of likely N-dealkylation sites (N-methyl/N-ethyl adjacent to an activating group) is 1. The number of rotatable bonds is 5. The van der Waals surface area contributed by atoms with Crippen LogP contribution >= 0.6 is 11.3 Å². The van der Waals surface area contributed by atoms with Gasteiger partial charge < -0.3 is 9.32 Å². The van der Waals surface area contributed by atoms with Crippen molar-refractivity contribution in [3.63, 3.8) is 0 Å². The summed E-state index contributed by atoms with van der Waals surface area (Å²) in [6.45, 7) is 7.87. The summed E-state index contributed by atoms with van der Waals surface area (Å²) >= 11 is 1.71. The monoisotopic (exact) mass is 306 g/mol. The van der Waals surface area contributed by atoms with E-state index in [1.807, 2.05) is 6.92 Å². The van der Waals surface area contributed by atoms with Crippen LogP contribution in [0.1, 0.15) is 28.8 Å². The molecule has 1 aliphatic heterocycles. The molecular formula is C15H22N4OS. The minimum atomic E-state index is 0.546. The second-order valence-corrected chi connectivity index (χ2v) is 6.89. The Hall–Kier alpha value is -1.24. The van der Waals surface area contributed by atoms with Gasteiger partial charge in [0.2, 0.25) is 5.89 Å². The third-order valence-electron chi connectivity index (χ3n) is 3.92. The number of thiazole rings is 1. The lowest BCUT2D eigenvalue weighted by Gasteiger charge is -2.26. The van der Waals surface area contributed by atoms with E-state index in [1.54, 1.807) is 17.5 Å². The van der Waals surface area contributed by atoms with Crippen molar-refractivity contribution < 1.29 is 4.42 Å². The van der Waals surface area contributed by atoms with Gasteiger partial charge in [-0.15, -0.1) is 11.3 Å². The van der Waals surface area contributed by atoms with Gasteiger partial charge in [0.1, 0.15) is 5.76 Å². The Balaban J connectivity index is 1.73. The Morgan fingerprint density at radius 2 is 2.29 bits per heavy atom. The SMILES string of the molecule is Cc1cnc(CN(Cc2csc(C)n2)C2CCN(C)C2)o1. The fourth-order valence-corrected chi connectivity index (χ4v) is 3.46. The maximum absolute atomic E-state index is 5.66. The van der Waals surface area contributed by atoms with Crippen LogP contribution in [0.15, 0.2) is 16.0 Å². The maximum Gasteiger partial charge on any atom is 0.208 e. The van der Waals surface area contributed by atoms with Gasteiger partial charge in [0.25, 0.3) is 0 Å². The lowest BCUT2D eigenvalue weighted by molar-refractivity contribution is 0.161. The molecule has 3 rings (SSSR count). The predicted octanol–water partition coefficient (Wildman–Crippen LogP) is 2.45. The maximum atomic E-state index is 5.66. The van der Waals surface area contributed by atoms with Crippen LogP contribution in [-0.2, 0) is 13.1 Å². The Labute approximate surface area is 129 Å². The minimum absolute atomic E-state index is 0.546. The molecule has 2 aromatic heterocycles. The Bertz CT molecular complexity index is 552. The van der Waals surface area contributed by atoms with Crippen molar-refractivity contribution in [2.45, 2.75) is 39.4 Å². The van der Waals surface area contributed by atoms with Gasteiger partial charge in [-0.3, -0.25) is 4.90 Å². The second-order valence-electron chi connectivity index (χ2n) is 5.83. The first-order valence-corrected chi connectivity index (χ1v) is 8.23. The van der Waals surface area contributed by atoms with E-state index < -0.39 is 0 Å². The zero-order valence-electron chi connectivity index (χ0n) is 12.9. The largest absolute Gasteiger partial charge is 0.445 e. The molecule has 1 unspecified atom stereocenters. The van der Waals surface area contributed by atoms with Gasteiger partial charge in [-0.2, -0.15) is 0 Å². The van der Waals surface area contributed by atoms with Crippen molar-refractivity contribution in [3.8, 4) is 0 Å². The molecule has 0 bridgehead atoms. The summed E-state index contributed by atoms with van der Waals surface area (Å²) in [5.41, 5.74) is 1.15. The number of oxazole rings is 1. The highest BCUT2D eigenvalue weighted by molar-refractivity contribution is 7.09. The summed E-state index contributed by atoms with van der Waals surface area (Å²) < 4.78 is 5.66. The third kappa shape index (κ3) is 3.70. The first-order valence-electron chi connectivity index (χ1n) is 7.35. The van der Waals surface area contributed by atoms with Gasteiger partial charge in [-0.1, -0.05) is 0 Å². The smallest absolute Gasteiger partial charge is 0.208 e. The summed E-state index contributed by atoms with van der Waals surface area (Å²) in [6.07, 6.45) is 2.99. The highest BCUT2D eigenvalue weighted by atomic mass is 32.1. The van der Waals surface area contributed by atoms with E-state index >= 15 is 0 Å². The molecule has 0 saturated carbocycles. The van der Waals surface area contributed by atoms with Crippen molar-refractivity contribution >= 4 is 11.3 Å². The Morgan fingerprint density at radius 3 is 2.86 bits per heavy atom. The highest BCUT2D eigenvalue weighted by Gasteiger charge is 2.27. The lowest BCUT2D eigenvalue weighted by atomic mass is 10.2. The molecule has 2 aromatic rings. The van der Waals surface area contributed by atoms with Gasteiger partial charge in [-0.05, 0) is 33.9 Å². The number of hydrogen-bond donors (Lipinski definition) is 0. The molecule has 6 heteroatoms. The molecule has 0 aliphatic carbocycles. The molecule has 0 radical (unpaired) electrons. The minimum Gasteiger partial charge on any atom is -0.445 e. The van der Waals surface area contributed by atoms with E-state index in [-0.39, 0.29) is 0 Å². The zero-order chi connectivity index (χ0) is 14.8. The first kappa shape index (κ1) is 14.7. The van der Waals surface area contributed by atoms with Crippen LogP contribution in [0.4, 0.5) is 0 Å². The van der Waals surface area contributed by atoms with Crippen molar-refractivity contribution in [2.75, 3.05) is 20.1 Å². The molecule has 114 valence electrons. The van der Waals surface area contributed by atoms with E-state index in [0.29, 0.717) is 6.04 Å². The van der Waals surface area contributed by atoms with E-state index in [0.717, 1.165) is 48.5 Å². The fourth-order valence-electron chi connectivity index (χ4n) is 2.86. The quantitative estimate of drug-likeness (QED) is 0.849. The standard InChI is InChI=1S/C15H22N4OS/c1-11-6-16-15(20-11)9-19(14-4-5-18(3)8-14)7-13-10-21-12(2)17-13/h6,10,14H,4-5,7-9H2,1-3H3. The number of aryl methyl sites for hydroxylation is 2. The average molecular weight is 306 g/mol. The predicted molar refractivity (Wildman–Crippen MR) is 83.2 cm³/mol. The van der Waals surface area contributed by atoms with Crippen molar-refractivity contribution in [1.82, 2.24) is 19.8 Å². The van der Waals surface area contributed by atoms with E-state index in [9.17, 15) is 0 Å². The normalized spacial score (nSPS) is 19.7. The molecule has 0 amide bonds. The average Bonchev–Trinajstić information content (AvgIpc) is 3.12. The highest BCUT2D eigenvalue weighted by Crippen LogP contribution is 2.20. The fraction of sp³-hybridized carbons (Fsp3) is 0.600. The molecule has 0 N–H and O–H groups in total. The van der Waals surface area contributed by atoms with Gasteiger partial charge in [0.05, 0.1) is 23.4 Å². The van der Waals surface area contributed by atoms with Crippen LogP contribution in [0.25, 0.3) is 0 Å². The van der Waals surface area contributed by atoms with Crippen LogP contribution in [0, 0.1) is 13.8 Å². The first-order chi connectivity index (χ1) is 10.1. The Morgan fingerprint density at radius 1 is 1.43 bits per heavy atom. The second kappa shape index (κ2) is 6.25. The summed E-state index contributed by atoms with van der Waals surface area (Å²) in [6, 6.07) is 0.546. The number of hydrogen-bond acceptors (Lipinski definition) is 6. The topological polar surface area (TPSA) is 45.4 Å². The van der Waals surface area contributed by atoms with Crippen LogP contribution < -0.4 is 0 Å². The Kier molecular flexibility index (Phi) is 4.37. The molecule has 5 nitrogen and oxygen atoms in total. The van der Waals surface area contributed by atoms with Gasteiger partial charge in [0, 0.05) is 24.5 Å². The number of aromatic nitrogens is 2. The third-order valence-corrected chi connectivity index (χ3v) is 4.74. The van der Waals surface area contributed by atoms with Crippen LogP contribution in [0.5, 0.6) is 0 Å². The number of nitrogens with zero attached hydrogens (tertiary/aromatic N) is 4. The molecule has 21 heavy (non-hydrogen) atoms. The summed E-state index contributed by atoms with van der Waals surface area (Å²) in [5, 5.41) is 3.28. The van der Waals surface area contributed by atoms with Crippen LogP contribution in [-0.4, -0.2) is 45.9 Å². The van der Waals surface area contributed by atoms with Crippen molar-refractivity contribution in [3.05, 3.63) is 33.9 Å². The van der Waals surface area contributed by atoms with Crippen molar-refractivity contribution in [2.24, 2.45) is 0 Å². The van der Waals surface area contributed by atoms with Gasteiger partial charge >= 0.3 is 0 Å². The number of likely N-dealkylation sites (tertiary alicyclic amines) is 1. The molecule has 1 atom stereocenters. The molecular weight excluding hydrogens is 284 g/mol. The molecule has 3 heterocycles.